The summed E-state index contributed by atoms with van der Waals surface area (Å²) in [5, 5.41) is 11.4. The summed E-state index contributed by atoms with van der Waals surface area (Å²) in [5.74, 6) is -1.07. The molecule has 2 aliphatic rings. The highest BCUT2D eigenvalue weighted by atomic mass is 16.5. The summed E-state index contributed by atoms with van der Waals surface area (Å²) in [4.78, 5) is 40.2. The third kappa shape index (κ3) is 3.72. The van der Waals surface area contributed by atoms with E-state index in [1.807, 2.05) is 6.07 Å². The number of carbonyl (C=O) groups is 3. The largest absolute Gasteiger partial charge is 0.449 e. The fourth-order valence-corrected chi connectivity index (χ4v) is 3.47. The number of anilines is 2. The Hall–Kier alpha value is -3.08. The van der Waals surface area contributed by atoms with E-state index in [0.717, 1.165) is 25.1 Å². The number of amides is 2. The molecule has 0 radical (unpaired) electrons. The lowest BCUT2D eigenvalue weighted by Gasteiger charge is -2.33. The summed E-state index contributed by atoms with van der Waals surface area (Å²) in [6.07, 6.45) is 1.04. The standard InChI is InChI=1S/C19H22N4O4/c1-12(18(25)22(2)9-4-8-20)27-19(26)13-6-7-15-14(11-13)21-17(24)16-5-3-10-23(15)16/h6-7,11-12,16H,3-5,9-10H2,1-2H3,(H,21,24)/t12-,16-/m1/s1. The van der Waals surface area contributed by atoms with Gasteiger partial charge in [-0.05, 0) is 38.0 Å². The maximum atomic E-state index is 12.4. The molecule has 1 aromatic rings. The number of hydrogen-bond acceptors (Lipinski definition) is 6. The van der Waals surface area contributed by atoms with Crippen molar-refractivity contribution >= 4 is 29.2 Å². The van der Waals surface area contributed by atoms with Crippen molar-refractivity contribution in [3.05, 3.63) is 23.8 Å². The Kier molecular flexibility index (Phi) is 5.31. The van der Waals surface area contributed by atoms with E-state index in [-0.39, 0.29) is 36.4 Å². The minimum absolute atomic E-state index is 0.0619. The molecular formula is C19H22N4O4. The molecule has 2 aliphatic heterocycles. The third-order valence-corrected chi connectivity index (χ3v) is 4.92. The summed E-state index contributed by atoms with van der Waals surface area (Å²) in [7, 11) is 1.56. The van der Waals surface area contributed by atoms with Crippen LogP contribution in [0.2, 0.25) is 0 Å². The van der Waals surface area contributed by atoms with Gasteiger partial charge < -0.3 is 19.9 Å². The summed E-state index contributed by atoms with van der Waals surface area (Å²) in [6, 6.07) is 6.85. The first-order valence-electron chi connectivity index (χ1n) is 8.97. The van der Waals surface area contributed by atoms with Crippen molar-refractivity contribution in [3.8, 4) is 6.07 Å². The topological polar surface area (TPSA) is 103 Å². The second-order valence-electron chi connectivity index (χ2n) is 6.79. The molecule has 1 fully saturated rings. The Morgan fingerprint density at radius 1 is 1.48 bits per heavy atom. The Balaban J connectivity index is 1.69. The zero-order valence-electron chi connectivity index (χ0n) is 15.4. The lowest BCUT2D eigenvalue weighted by molar-refractivity contribution is -0.138. The molecule has 2 heterocycles. The fraction of sp³-hybridized carbons (Fsp3) is 0.474. The Morgan fingerprint density at radius 2 is 2.26 bits per heavy atom. The SMILES string of the molecule is C[C@@H](OC(=O)c1ccc2c(c1)NC(=O)[C@H]1CCCN21)C(=O)N(C)CCC#N. The van der Waals surface area contributed by atoms with Crippen LogP contribution in [0, 0.1) is 11.3 Å². The van der Waals surface area contributed by atoms with Crippen LogP contribution in [0.1, 0.15) is 36.5 Å². The van der Waals surface area contributed by atoms with Crippen LogP contribution in [0.4, 0.5) is 11.4 Å². The molecule has 8 heteroatoms. The quantitative estimate of drug-likeness (QED) is 0.789. The number of nitriles is 1. The second-order valence-corrected chi connectivity index (χ2v) is 6.79. The van der Waals surface area contributed by atoms with E-state index in [0.29, 0.717) is 5.69 Å². The van der Waals surface area contributed by atoms with E-state index in [9.17, 15) is 14.4 Å². The number of nitrogens with zero attached hydrogens (tertiary/aromatic N) is 3. The van der Waals surface area contributed by atoms with Gasteiger partial charge in [0.05, 0.1) is 29.4 Å². The zero-order valence-corrected chi connectivity index (χ0v) is 15.4. The van der Waals surface area contributed by atoms with Gasteiger partial charge in [-0.1, -0.05) is 0 Å². The highest BCUT2D eigenvalue weighted by Crippen LogP contribution is 2.37. The maximum absolute atomic E-state index is 12.4. The van der Waals surface area contributed by atoms with E-state index in [4.69, 9.17) is 10.00 Å². The van der Waals surface area contributed by atoms with Crippen molar-refractivity contribution in [1.29, 1.82) is 5.26 Å². The van der Waals surface area contributed by atoms with E-state index in [1.54, 1.807) is 25.2 Å². The average Bonchev–Trinajstić information content (AvgIpc) is 3.15. The Bertz CT molecular complexity index is 816. The van der Waals surface area contributed by atoms with Gasteiger partial charge in [0.1, 0.15) is 6.04 Å². The molecule has 0 saturated carbocycles. The monoisotopic (exact) mass is 370 g/mol. The van der Waals surface area contributed by atoms with Crippen molar-refractivity contribution in [2.45, 2.75) is 38.3 Å². The van der Waals surface area contributed by atoms with Gasteiger partial charge in [-0.25, -0.2) is 4.79 Å². The normalized spacial score (nSPS) is 18.6. The number of hydrogen-bond donors (Lipinski definition) is 1. The first-order chi connectivity index (χ1) is 12.9. The average molecular weight is 370 g/mol. The summed E-state index contributed by atoms with van der Waals surface area (Å²) in [5.41, 5.74) is 1.75. The highest BCUT2D eigenvalue weighted by Gasteiger charge is 2.36. The molecule has 2 amide bonds. The van der Waals surface area contributed by atoms with E-state index < -0.39 is 12.1 Å². The van der Waals surface area contributed by atoms with Crippen LogP contribution in [0.15, 0.2) is 18.2 Å². The molecule has 3 rings (SSSR count). The van der Waals surface area contributed by atoms with Gasteiger partial charge in [0.25, 0.3) is 5.91 Å². The number of ether oxygens (including phenoxy) is 1. The Labute approximate surface area is 157 Å². The van der Waals surface area contributed by atoms with Crippen LogP contribution in [-0.2, 0) is 14.3 Å². The predicted molar refractivity (Wildman–Crippen MR) is 98.2 cm³/mol. The predicted octanol–water partition coefficient (Wildman–Crippen LogP) is 1.52. The number of carbonyl (C=O) groups excluding carboxylic acids is 3. The van der Waals surface area contributed by atoms with Crippen molar-refractivity contribution < 1.29 is 19.1 Å². The molecule has 142 valence electrons. The van der Waals surface area contributed by atoms with Gasteiger partial charge in [-0.2, -0.15) is 5.26 Å². The van der Waals surface area contributed by atoms with Crippen molar-refractivity contribution in [1.82, 2.24) is 4.90 Å². The second kappa shape index (κ2) is 7.66. The summed E-state index contributed by atoms with van der Waals surface area (Å²) in [6.45, 7) is 2.59. The molecule has 27 heavy (non-hydrogen) atoms. The number of benzene rings is 1. The molecule has 1 saturated heterocycles. The molecule has 1 N–H and O–H groups in total. The smallest absolute Gasteiger partial charge is 0.338 e. The van der Waals surface area contributed by atoms with Crippen molar-refractivity contribution in [2.24, 2.45) is 0 Å². The Morgan fingerprint density at radius 3 is 3.00 bits per heavy atom. The number of esters is 1. The lowest BCUT2D eigenvalue weighted by atomic mass is 10.1. The van der Waals surface area contributed by atoms with Crippen LogP contribution < -0.4 is 10.2 Å². The van der Waals surface area contributed by atoms with E-state index in [2.05, 4.69) is 10.2 Å². The van der Waals surface area contributed by atoms with Gasteiger partial charge in [0, 0.05) is 20.1 Å². The van der Waals surface area contributed by atoms with Gasteiger partial charge >= 0.3 is 5.97 Å². The molecule has 0 unspecified atom stereocenters. The molecule has 0 aromatic heterocycles. The third-order valence-electron chi connectivity index (χ3n) is 4.92. The van der Waals surface area contributed by atoms with Crippen LogP contribution in [-0.4, -0.2) is 55.0 Å². The van der Waals surface area contributed by atoms with Gasteiger partial charge in [0.2, 0.25) is 5.91 Å². The molecule has 2 atom stereocenters. The molecule has 8 nitrogen and oxygen atoms in total. The molecule has 0 spiro atoms. The van der Waals surface area contributed by atoms with E-state index >= 15 is 0 Å². The first kappa shape index (κ1) is 18.7. The van der Waals surface area contributed by atoms with Crippen LogP contribution in [0.5, 0.6) is 0 Å². The maximum Gasteiger partial charge on any atom is 0.338 e. The number of likely N-dealkylation sites (N-methyl/N-ethyl adjacent to an activating group) is 1. The van der Waals surface area contributed by atoms with Gasteiger partial charge in [0.15, 0.2) is 6.10 Å². The van der Waals surface area contributed by atoms with Crippen LogP contribution in [0.3, 0.4) is 0 Å². The zero-order chi connectivity index (χ0) is 19.6. The molecular weight excluding hydrogens is 348 g/mol. The van der Waals surface area contributed by atoms with Gasteiger partial charge in [-0.3, -0.25) is 9.59 Å². The minimum atomic E-state index is -0.963. The number of rotatable bonds is 5. The summed E-state index contributed by atoms with van der Waals surface area (Å²) >= 11 is 0. The van der Waals surface area contributed by atoms with Crippen LogP contribution >= 0.6 is 0 Å². The molecule has 0 bridgehead atoms. The minimum Gasteiger partial charge on any atom is -0.449 e. The lowest BCUT2D eigenvalue weighted by Crippen LogP contribution is -2.44. The number of fused-ring (bicyclic) bond motifs is 3. The van der Waals surface area contributed by atoms with Gasteiger partial charge in [-0.15, -0.1) is 0 Å². The number of nitrogens with one attached hydrogen (secondary N) is 1. The molecule has 0 aliphatic carbocycles. The fourth-order valence-electron chi connectivity index (χ4n) is 3.47. The van der Waals surface area contributed by atoms with E-state index in [1.165, 1.54) is 11.8 Å². The van der Waals surface area contributed by atoms with Crippen molar-refractivity contribution in [2.75, 3.05) is 30.4 Å². The summed E-state index contributed by atoms with van der Waals surface area (Å²) < 4.78 is 5.26. The van der Waals surface area contributed by atoms with Crippen LogP contribution in [0.25, 0.3) is 0 Å². The molecule has 1 aromatic carbocycles. The first-order valence-corrected chi connectivity index (χ1v) is 8.97. The highest BCUT2D eigenvalue weighted by molar-refractivity contribution is 6.05. The van der Waals surface area contributed by atoms with Crippen molar-refractivity contribution in [3.63, 3.8) is 0 Å².